The average molecular weight is 236 g/mol. The summed E-state index contributed by atoms with van der Waals surface area (Å²) in [4.78, 5) is 22.1. The lowest BCUT2D eigenvalue weighted by Gasteiger charge is -2.23. The molecule has 0 aliphatic rings. The Morgan fingerprint density at radius 1 is 1.00 bits per heavy atom. The Balaban J connectivity index is 3.00. The Morgan fingerprint density at radius 3 is 1.94 bits per heavy atom. The van der Waals surface area contributed by atoms with Gasteiger partial charge in [-0.25, -0.2) is 0 Å². The van der Waals surface area contributed by atoms with Crippen LogP contribution in [0.5, 0.6) is 0 Å². The van der Waals surface area contributed by atoms with Crippen molar-refractivity contribution in [2.75, 3.05) is 0 Å². The normalized spacial score (nSPS) is 15.9. The van der Waals surface area contributed by atoms with Gasteiger partial charge >= 0.3 is 11.9 Å². The summed E-state index contributed by atoms with van der Waals surface area (Å²) in [6.45, 7) is 3.17. The maximum atomic E-state index is 11.2. The molecule has 17 heavy (non-hydrogen) atoms. The largest absolute Gasteiger partial charge is 0.481 e. The Kier molecular flexibility index (Phi) is 4.26. The first-order valence-corrected chi connectivity index (χ1v) is 5.45. The molecule has 0 saturated heterocycles. The summed E-state index contributed by atoms with van der Waals surface area (Å²) >= 11 is 0. The SMILES string of the molecule is C[C@H](C(=O)O)[C@@H](C(=O)O)[C@@H](C)c1ccccc1. The van der Waals surface area contributed by atoms with Crippen molar-refractivity contribution < 1.29 is 19.8 Å². The summed E-state index contributed by atoms with van der Waals surface area (Å²) < 4.78 is 0. The Bertz CT molecular complexity index is 399. The van der Waals surface area contributed by atoms with Crippen LogP contribution in [-0.4, -0.2) is 22.2 Å². The third-order valence-electron chi connectivity index (χ3n) is 3.08. The van der Waals surface area contributed by atoms with Gasteiger partial charge in [-0.1, -0.05) is 44.2 Å². The Morgan fingerprint density at radius 2 is 1.53 bits per heavy atom. The monoisotopic (exact) mass is 236 g/mol. The van der Waals surface area contributed by atoms with Gasteiger partial charge in [0.05, 0.1) is 11.8 Å². The van der Waals surface area contributed by atoms with Crippen molar-refractivity contribution in [3.05, 3.63) is 35.9 Å². The van der Waals surface area contributed by atoms with E-state index in [1.54, 1.807) is 6.92 Å². The van der Waals surface area contributed by atoms with Crippen LogP contribution in [0.4, 0.5) is 0 Å². The van der Waals surface area contributed by atoms with Crippen LogP contribution >= 0.6 is 0 Å². The second-order valence-corrected chi connectivity index (χ2v) is 4.19. The number of hydrogen-bond acceptors (Lipinski definition) is 2. The number of carbonyl (C=O) groups is 2. The molecule has 0 bridgehead atoms. The standard InChI is InChI=1S/C13H16O4/c1-8(10-6-4-3-5-7-10)11(13(16)17)9(2)12(14)15/h3-9,11H,1-2H3,(H,14,15)(H,16,17)/t8-,9-,11-/m0/s1. The molecule has 0 unspecified atom stereocenters. The van der Waals surface area contributed by atoms with Crippen LogP contribution < -0.4 is 0 Å². The molecule has 1 aromatic rings. The van der Waals surface area contributed by atoms with E-state index in [2.05, 4.69) is 0 Å². The minimum absolute atomic E-state index is 0.334. The van der Waals surface area contributed by atoms with Gasteiger partial charge in [-0.2, -0.15) is 0 Å². The molecule has 0 fully saturated rings. The molecule has 0 spiro atoms. The quantitative estimate of drug-likeness (QED) is 0.822. The van der Waals surface area contributed by atoms with Gasteiger partial charge in [0.25, 0.3) is 0 Å². The van der Waals surface area contributed by atoms with Gasteiger partial charge in [0, 0.05) is 0 Å². The lowest BCUT2D eigenvalue weighted by molar-refractivity contribution is -0.153. The molecule has 0 heterocycles. The van der Waals surface area contributed by atoms with Gasteiger partial charge in [0.15, 0.2) is 0 Å². The summed E-state index contributed by atoms with van der Waals surface area (Å²) in [5.41, 5.74) is 0.841. The number of aliphatic carboxylic acids is 2. The summed E-state index contributed by atoms with van der Waals surface area (Å²) in [6, 6.07) is 9.10. The number of carboxylic acid groups (broad SMARTS) is 2. The second kappa shape index (κ2) is 5.48. The molecule has 3 atom stereocenters. The van der Waals surface area contributed by atoms with Crippen molar-refractivity contribution in [1.29, 1.82) is 0 Å². The summed E-state index contributed by atoms with van der Waals surface area (Å²) in [7, 11) is 0. The van der Waals surface area contributed by atoms with Gasteiger partial charge < -0.3 is 10.2 Å². The molecule has 0 aliphatic heterocycles. The predicted octanol–water partition coefficient (Wildman–Crippen LogP) is 2.21. The molecule has 1 rings (SSSR count). The Labute approximate surface area is 99.9 Å². The lowest BCUT2D eigenvalue weighted by Crippen LogP contribution is -2.31. The van der Waals surface area contributed by atoms with E-state index in [1.807, 2.05) is 30.3 Å². The van der Waals surface area contributed by atoms with Crippen molar-refractivity contribution in [3.8, 4) is 0 Å². The van der Waals surface area contributed by atoms with E-state index in [0.29, 0.717) is 0 Å². The van der Waals surface area contributed by atoms with Crippen LogP contribution in [0.2, 0.25) is 0 Å². The van der Waals surface area contributed by atoms with Crippen LogP contribution in [-0.2, 0) is 9.59 Å². The van der Waals surface area contributed by atoms with E-state index in [1.165, 1.54) is 6.92 Å². The fourth-order valence-electron chi connectivity index (χ4n) is 1.98. The fraction of sp³-hybridized carbons (Fsp3) is 0.385. The molecule has 4 heteroatoms. The van der Waals surface area contributed by atoms with E-state index in [9.17, 15) is 9.59 Å². The van der Waals surface area contributed by atoms with Crippen LogP contribution in [0.25, 0.3) is 0 Å². The minimum atomic E-state index is -1.08. The molecular weight excluding hydrogens is 220 g/mol. The van der Waals surface area contributed by atoms with Crippen LogP contribution in [0.1, 0.15) is 25.3 Å². The molecule has 1 aromatic carbocycles. The van der Waals surface area contributed by atoms with Gasteiger partial charge in [0.2, 0.25) is 0 Å². The van der Waals surface area contributed by atoms with E-state index in [0.717, 1.165) is 5.56 Å². The molecule has 0 aliphatic carbocycles. The summed E-state index contributed by atoms with van der Waals surface area (Å²) in [5, 5.41) is 18.1. The van der Waals surface area contributed by atoms with E-state index in [4.69, 9.17) is 10.2 Å². The van der Waals surface area contributed by atoms with E-state index >= 15 is 0 Å². The third-order valence-corrected chi connectivity index (χ3v) is 3.08. The minimum Gasteiger partial charge on any atom is -0.481 e. The summed E-state index contributed by atoms with van der Waals surface area (Å²) in [6.07, 6.45) is 0. The highest BCUT2D eigenvalue weighted by Crippen LogP contribution is 2.30. The van der Waals surface area contributed by atoms with Crippen molar-refractivity contribution in [2.24, 2.45) is 11.8 Å². The Hall–Kier alpha value is -1.84. The first-order valence-electron chi connectivity index (χ1n) is 5.45. The number of carboxylic acids is 2. The molecule has 0 aromatic heterocycles. The zero-order valence-electron chi connectivity index (χ0n) is 9.83. The molecular formula is C13H16O4. The number of benzene rings is 1. The van der Waals surface area contributed by atoms with Gasteiger partial charge in [-0.15, -0.1) is 0 Å². The smallest absolute Gasteiger partial charge is 0.307 e. The topological polar surface area (TPSA) is 74.6 Å². The van der Waals surface area contributed by atoms with Gasteiger partial charge in [-0.3, -0.25) is 9.59 Å². The van der Waals surface area contributed by atoms with Crippen molar-refractivity contribution in [2.45, 2.75) is 19.8 Å². The average Bonchev–Trinajstić information content (AvgIpc) is 2.29. The highest BCUT2D eigenvalue weighted by Gasteiger charge is 2.35. The molecule has 0 saturated carbocycles. The van der Waals surface area contributed by atoms with Crippen molar-refractivity contribution in [1.82, 2.24) is 0 Å². The summed E-state index contributed by atoms with van der Waals surface area (Å²) in [5.74, 6) is -4.33. The van der Waals surface area contributed by atoms with Crippen molar-refractivity contribution >= 4 is 11.9 Å². The molecule has 92 valence electrons. The van der Waals surface area contributed by atoms with Crippen LogP contribution in [0, 0.1) is 11.8 Å². The number of rotatable bonds is 5. The number of hydrogen-bond donors (Lipinski definition) is 2. The van der Waals surface area contributed by atoms with Crippen LogP contribution in [0.3, 0.4) is 0 Å². The van der Waals surface area contributed by atoms with Crippen molar-refractivity contribution in [3.63, 3.8) is 0 Å². The maximum Gasteiger partial charge on any atom is 0.307 e. The predicted molar refractivity (Wildman–Crippen MR) is 62.8 cm³/mol. The second-order valence-electron chi connectivity index (χ2n) is 4.19. The molecule has 0 radical (unpaired) electrons. The van der Waals surface area contributed by atoms with Gasteiger partial charge in [0.1, 0.15) is 0 Å². The fourth-order valence-corrected chi connectivity index (χ4v) is 1.98. The van der Waals surface area contributed by atoms with Gasteiger partial charge in [-0.05, 0) is 11.5 Å². The van der Waals surface area contributed by atoms with E-state index < -0.39 is 23.8 Å². The first-order chi connectivity index (χ1) is 7.95. The molecule has 4 nitrogen and oxygen atoms in total. The maximum absolute atomic E-state index is 11.2. The highest BCUT2D eigenvalue weighted by molar-refractivity contribution is 5.80. The van der Waals surface area contributed by atoms with Crippen LogP contribution in [0.15, 0.2) is 30.3 Å². The molecule has 0 amide bonds. The van der Waals surface area contributed by atoms with E-state index in [-0.39, 0.29) is 5.92 Å². The first kappa shape index (κ1) is 13.2. The zero-order chi connectivity index (χ0) is 13.0. The highest BCUT2D eigenvalue weighted by atomic mass is 16.4. The molecule has 2 N–H and O–H groups in total. The third kappa shape index (κ3) is 3.06. The zero-order valence-corrected chi connectivity index (χ0v) is 9.83. The lowest BCUT2D eigenvalue weighted by atomic mass is 9.80.